The third kappa shape index (κ3) is 2.05. The lowest BCUT2D eigenvalue weighted by atomic mass is 9.88. The molecule has 0 saturated carbocycles. The quantitative estimate of drug-likeness (QED) is 0.634. The molecule has 13 heavy (non-hydrogen) atoms. The number of hydrogen-bond donors (Lipinski definition) is 0. The van der Waals surface area contributed by atoms with Crippen molar-refractivity contribution in [1.29, 1.82) is 0 Å². The molecule has 3 nitrogen and oxygen atoms in total. The Kier molecular flexibility index (Phi) is 3.00. The van der Waals surface area contributed by atoms with E-state index in [1.54, 1.807) is 0 Å². The minimum atomic E-state index is -2.85. The Labute approximate surface area is 72.8 Å². The molecule has 1 saturated heterocycles. The molecule has 0 radical (unpaired) electrons. The molecule has 1 rings (SSSR count). The summed E-state index contributed by atoms with van der Waals surface area (Å²) >= 11 is 0. The summed E-state index contributed by atoms with van der Waals surface area (Å²) in [7, 11) is 0. The third-order valence-corrected chi connectivity index (χ3v) is 2.03. The SMILES string of the molecule is O=C1OCCC(CF)(C(F)F)CO1. The Morgan fingerprint density at radius 1 is 1.46 bits per heavy atom. The highest BCUT2D eigenvalue weighted by Crippen LogP contribution is 2.33. The minimum Gasteiger partial charge on any atom is -0.434 e. The van der Waals surface area contributed by atoms with Gasteiger partial charge in [-0.25, -0.2) is 13.6 Å². The third-order valence-electron chi connectivity index (χ3n) is 2.03. The van der Waals surface area contributed by atoms with Crippen LogP contribution in [-0.2, 0) is 9.47 Å². The van der Waals surface area contributed by atoms with Crippen LogP contribution in [0.5, 0.6) is 0 Å². The van der Waals surface area contributed by atoms with E-state index >= 15 is 0 Å². The second kappa shape index (κ2) is 3.85. The van der Waals surface area contributed by atoms with Gasteiger partial charge >= 0.3 is 6.16 Å². The molecule has 1 aliphatic heterocycles. The van der Waals surface area contributed by atoms with Crippen LogP contribution >= 0.6 is 0 Å². The lowest BCUT2D eigenvalue weighted by Gasteiger charge is -2.25. The van der Waals surface area contributed by atoms with Crippen molar-refractivity contribution in [1.82, 2.24) is 0 Å². The van der Waals surface area contributed by atoms with Gasteiger partial charge in [0.15, 0.2) is 0 Å². The lowest BCUT2D eigenvalue weighted by molar-refractivity contribution is -0.0562. The molecule has 6 heteroatoms. The maximum Gasteiger partial charge on any atom is 0.508 e. The van der Waals surface area contributed by atoms with Crippen molar-refractivity contribution in [2.45, 2.75) is 12.8 Å². The van der Waals surface area contributed by atoms with E-state index in [-0.39, 0.29) is 13.0 Å². The van der Waals surface area contributed by atoms with Crippen molar-refractivity contribution in [3.8, 4) is 0 Å². The molecule has 0 amide bonds. The van der Waals surface area contributed by atoms with Crippen LogP contribution in [0.4, 0.5) is 18.0 Å². The zero-order chi connectivity index (χ0) is 9.90. The number of hydrogen-bond acceptors (Lipinski definition) is 3. The van der Waals surface area contributed by atoms with Gasteiger partial charge in [-0.3, -0.25) is 4.39 Å². The first-order chi connectivity index (χ1) is 6.10. The molecule has 1 heterocycles. The fourth-order valence-corrected chi connectivity index (χ4v) is 0.990. The molecule has 0 aliphatic carbocycles. The largest absolute Gasteiger partial charge is 0.508 e. The van der Waals surface area contributed by atoms with Crippen LogP contribution in [0.3, 0.4) is 0 Å². The Hall–Kier alpha value is -0.940. The first-order valence-corrected chi connectivity index (χ1v) is 3.74. The summed E-state index contributed by atoms with van der Waals surface area (Å²) in [6, 6.07) is 0. The number of carbonyl (C=O) groups is 1. The van der Waals surface area contributed by atoms with Crippen LogP contribution in [0.2, 0.25) is 0 Å². The number of carbonyl (C=O) groups excluding carboxylic acids is 1. The number of ether oxygens (including phenoxy) is 2. The van der Waals surface area contributed by atoms with Crippen molar-refractivity contribution in [2.75, 3.05) is 19.9 Å². The van der Waals surface area contributed by atoms with Gasteiger partial charge in [-0.05, 0) is 6.42 Å². The highest BCUT2D eigenvalue weighted by atomic mass is 19.3. The van der Waals surface area contributed by atoms with E-state index in [2.05, 4.69) is 9.47 Å². The van der Waals surface area contributed by atoms with Crippen molar-refractivity contribution >= 4 is 6.16 Å². The molecule has 0 spiro atoms. The van der Waals surface area contributed by atoms with E-state index in [1.807, 2.05) is 0 Å². The normalized spacial score (nSPS) is 29.4. The summed E-state index contributed by atoms with van der Waals surface area (Å²) in [5.74, 6) is 0. The van der Waals surface area contributed by atoms with Gasteiger partial charge in [0, 0.05) is 0 Å². The Bertz CT molecular complexity index is 197. The highest BCUT2D eigenvalue weighted by Gasteiger charge is 2.43. The Balaban J connectivity index is 2.69. The molecular weight excluding hydrogens is 189 g/mol. The van der Waals surface area contributed by atoms with E-state index in [1.165, 1.54) is 0 Å². The van der Waals surface area contributed by atoms with Crippen LogP contribution in [0, 0.1) is 5.41 Å². The summed E-state index contributed by atoms with van der Waals surface area (Å²) in [5, 5.41) is 0. The second-order valence-electron chi connectivity index (χ2n) is 2.93. The smallest absolute Gasteiger partial charge is 0.434 e. The van der Waals surface area contributed by atoms with E-state index in [9.17, 15) is 18.0 Å². The zero-order valence-electron chi connectivity index (χ0n) is 6.76. The van der Waals surface area contributed by atoms with Gasteiger partial charge in [-0.1, -0.05) is 0 Å². The van der Waals surface area contributed by atoms with Gasteiger partial charge in [0.1, 0.15) is 13.3 Å². The van der Waals surface area contributed by atoms with E-state index in [4.69, 9.17) is 0 Å². The average Bonchev–Trinajstić information content (AvgIpc) is 2.28. The lowest BCUT2D eigenvalue weighted by Crippen LogP contribution is -2.36. The summed E-state index contributed by atoms with van der Waals surface area (Å²) < 4.78 is 45.8. The van der Waals surface area contributed by atoms with Crippen molar-refractivity contribution in [2.24, 2.45) is 5.41 Å². The van der Waals surface area contributed by atoms with Crippen LogP contribution in [0.1, 0.15) is 6.42 Å². The fourth-order valence-electron chi connectivity index (χ4n) is 0.990. The number of cyclic esters (lactones) is 2. The Morgan fingerprint density at radius 3 is 2.69 bits per heavy atom. The summed E-state index contributed by atoms with van der Waals surface area (Å²) in [4.78, 5) is 10.5. The second-order valence-corrected chi connectivity index (χ2v) is 2.93. The Morgan fingerprint density at radius 2 is 2.15 bits per heavy atom. The first-order valence-electron chi connectivity index (χ1n) is 3.74. The van der Waals surface area contributed by atoms with Crippen LogP contribution in [0.25, 0.3) is 0 Å². The standard InChI is InChI=1S/C7H9F3O3/c8-3-7(5(9)10)1-2-12-6(11)13-4-7/h5H,1-4H2. The van der Waals surface area contributed by atoms with Crippen molar-refractivity contribution in [3.63, 3.8) is 0 Å². The molecule has 1 atom stereocenters. The number of rotatable bonds is 2. The van der Waals surface area contributed by atoms with Gasteiger partial charge in [0.05, 0.1) is 12.0 Å². The molecule has 1 unspecified atom stereocenters. The molecule has 0 bridgehead atoms. The molecule has 0 aromatic heterocycles. The molecule has 0 aromatic rings. The summed E-state index contributed by atoms with van der Waals surface area (Å²) in [6.45, 7) is -2.08. The molecular formula is C7H9F3O3. The van der Waals surface area contributed by atoms with Crippen molar-refractivity contribution in [3.05, 3.63) is 0 Å². The van der Waals surface area contributed by atoms with Crippen LogP contribution in [0.15, 0.2) is 0 Å². The summed E-state index contributed by atoms with van der Waals surface area (Å²) in [6.07, 6.45) is -4.09. The number of alkyl halides is 3. The predicted molar refractivity (Wildman–Crippen MR) is 36.3 cm³/mol. The highest BCUT2D eigenvalue weighted by molar-refractivity contribution is 5.60. The van der Waals surface area contributed by atoms with E-state index < -0.39 is 31.3 Å². The molecule has 1 aliphatic rings. The van der Waals surface area contributed by atoms with Gasteiger partial charge in [-0.15, -0.1) is 0 Å². The summed E-state index contributed by atoms with van der Waals surface area (Å²) in [5.41, 5.74) is -1.88. The van der Waals surface area contributed by atoms with Crippen molar-refractivity contribution < 1.29 is 27.4 Å². The van der Waals surface area contributed by atoms with Gasteiger partial charge in [0.25, 0.3) is 0 Å². The van der Waals surface area contributed by atoms with Gasteiger partial charge in [-0.2, -0.15) is 0 Å². The van der Waals surface area contributed by atoms with Crippen LogP contribution in [-0.4, -0.2) is 32.5 Å². The topological polar surface area (TPSA) is 35.5 Å². The van der Waals surface area contributed by atoms with Gasteiger partial charge < -0.3 is 9.47 Å². The predicted octanol–water partition coefficient (Wildman–Crippen LogP) is 1.76. The van der Waals surface area contributed by atoms with E-state index in [0.717, 1.165) is 0 Å². The monoisotopic (exact) mass is 198 g/mol. The number of halogens is 3. The molecule has 1 fully saturated rings. The molecule has 0 N–H and O–H groups in total. The average molecular weight is 198 g/mol. The maximum absolute atomic E-state index is 12.4. The zero-order valence-corrected chi connectivity index (χ0v) is 6.76. The van der Waals surface area contributed by atoms with Crippen LogP contribution < -0.4 is 0 Å². The molecule has 76 valence electrons. The fraction of sp³-hybridized carbons (Fsp3) is 0.857. The first kappa shape index (κ1) is 10.1. The molecule has 0 aromatic carbocycles. The van der Waals surface area contributed by atoms with E-state index in [0.29, 0.717) is 0 Å². The maximum atomic E-state index is 12.4. The van der Waals surface area contributed by atoms with Gasteiger partial charge in [0.2, 0.25) is 6.43 Å². The minimum absolute atomic E-state index is 0.215.